The molecule has 21 heavy (non-hydrogen) atoms. The van der Waals surface area contributed by atoms with Crippen molar-refractivity contribution in [3.05, 3.63) is 0 Å². The van der Waals surface area contributed by atoms with Crippen LogP contribution in [0.15, 0.2) is 0 Å². The zero-order valence-electron chi connectivity index (χ0n) is 13.4. The SMILES string of the molecule is CC(C)(CNC(=S)N[C@H]1C[C@@H]2CC[C@H]1C2)[NH+]1CCOCC1. The minimum Gasteiger partial charge on any atom is -0.370 e. The molecule has 3 N–H and O–H groups in total. The van der Waals surface area contributed by atoms with Crippen LogP contribution < -0.4 is 15.5 Å². The highest BCUT2D eigenvalue weighted by Gasteiger charge is 2.40. The Labute approximate surface area is 134 Å². The first-order valence-corrected chi connectivity index (χ1v) is 8.93. The lowest BCUT2D eigenvalue weighted by Gasteiger charge is -2.38. The van der Waals surface area contributed by atoms with Crippen molar-refractivity contribution in [1.82, 2.24) is 10.6 Å². The summed E-state index contributed by atoms with van der Waals surface area (Å²) in [6.45, 7) is 9.53. The van der Waals surface area contributed by atoms with Gasteiger partial charge in [0.05, 0.1) is 19.8 Å². The van der Waals surface area contributed by atoms with Gasteiger partial charge >= 0.3 is 0 Å². The molecule has 0 aromatic rings. The van der Waals surface area contributed by atoms with Crippen molar-refractivity contribution < 1.29 is 9.64 Å². The molecular weight excluding hydrogens is 282 g/mol. The van der Waals surface area contributed by atoms with Crippen LogP contribution in [0.4, 0.5) is 0 Å². The summed E-state index contributed by atoms with van der Waals surface area (Å²) in [6.07, 6.45) is 5.58. The number of quaternary nitrogens is 1. The largest absolute Gasteiger partial charge is 0.370 e. The minimum absolute atomic E-state index is 0.199. The van der Waals surface area contributed by atoms with Gasteiger partial charge in [0.2, 0.25) is 0 Å². The summed E-state index contributed by atoms with van der Waals surface area (Å²) < 4.78 is 5.46. The molecule has 0 amide bonds. The molecule has 2 bridgehead atoms. The maximum Gasteiger partial charge on any atom is 0.166 e. The Balaban J connectivity index is 1.42. The van der Waals surface area contributed by atoms with Crippen molar-refractivity contribution in [2.45, 2.75) is 51.1 Å². The second kappa shape index (κ2) is 6.39. The topological polar surface area (TPSA) is 37.7 Å². The third-order valence-electron chi connectivity index (χ3n) is 5.80. The lowest BCUT2D eigenvalue weighted by molar-refractivity contribution is -0.954. The highest BCUT2D eigenvalue weighted by molar-refractivity contribution is 7.80. The Morgan fingerprint density at radius 1 is 1.24 bits per heavy atom. The fourth-order valence-corrected chi connectivity index (χ4v) is 4.59. The standard InChI is InChI=1S/C16H29N3OS/c1-16(2,19-5-7-20-8-6-19)11-17-15(21)18-14-10-12-3-4-13(14)9-12/h12-14H,3-11H2,1-2H3,(H2,17,18,21)/p+1/t12-,13+,14+/m1/s1. The molecule has 0 aromatic carbocycles. The van der Waals surface area contributed by atoms with Crippen molar-refractivity contribution >= 4 is 17.3 Å². The monoisotopic (exact) mass is 312 g/mol. The normalized spacial score (nSPS) is 33.1. The van der Waals surface area contributed by atoms with E-state index in [2.05, 4.69) is 24.5 Å². The molecule has 0 spiro atoms. The van der Waals surface area contributed by atoms with E-state index in [0.717, 1.165) is 49.8 Å². The van der Waals surface area contributed by atoms with Crippen LogP contribution in [0.2, 0.25) is 0 Å². The van der Waals surface area contributed by atoms with Crippen LogP contribution in [-0.4, -0.2) is 49.5 Å². The fraction of sp³-hybridized carbons (Fsp3) is 0.938. The van der Waals surface area contributed by atoms with E-state index in [0.29, 0.717) is 6.04 Å². The van der Waals surface area contributed by atoms with E-state index in [9.17, 15) is 0 Å². The number of thiocarbonyl (C=S) groups is 1. The van der Waals surface area contributed by atoms with E-state index >= 15 is 0 Å². The smallest absolute Gasteiger partial charge is 0.166 e. The quantitative estimate of drug-likeness (QED) is 0.654. The Bertz CT molecular complexity index is 382. The molecule has 3 rings (SSSR count). The van der Waals surface area contributed by atoms with Gasteiger partial charge in [0.15, 0.2) is 5.11 Å². The zero-order valence-corrected chi connectivity index (χ0v) is 14.2. The maximum absolute atomic E-state index is 5.52. The average Bonchev–Trinajstić information content (AvgIpc) is 3.09. The van der Waals surface area contributed by atoms with Gasteiger partial charge in [-0.2, -0.15) is 0 Å². The van der Waals surface area contributed by atoms with Gasteiger partial charge in [-0.15, -0.1) is 0 Å². The number of nitrogens with one attached hydrogen (secondary N) is 3. The van der Waals surface area contributed by atoms with E-state index in [1.54, 1.807) is 4.90 Å². The summed E-state index contributed by atoms with van der Waals surface area (Å²) in [5.41, 5.74) is 0.199. The molecule has 0 aromatic heterocycles. The molecule has 1 heterocycles. The first kappa shape index (κ1) is 15.5. The van der Waals surface area contributed by atoms with Crippen LogP contribution in [0, 0.1) is 11.8 Å². The number of rotatable bonds is 4. The van der Waals surface area contributed by atoms with E-state index in [4.69, 9.17) is 17.0 Å². The fourth-order valence-electron chi connectivity index (χ4n) is 4.36. The first-order valence-electron chi connectivity index (χ1n) is 8.52. The van der Waals surface area contributed by atoms with Crippen LogP contribution in [0.1, 0.15) is 39.5 Å². The van der Waals surface area contributed by atoms with Crippen molar-refractivity contribution in [2.24, 2.45) is 11.8 Å². The summed E-state index contributed by atoms with van der Waals surface area (Å²) in [5, 5.41) is 7.89. The number of hydrogen-bond acceptors (Lipinski definition) is 2. The second-order valence-electron chi connectivity index (χ2n) is 7.71. The molecule has 1 aliphatic heterocycles. The van der Waals surface area contributed by atoms with Crippen LogP contribution in [0.3, 0.4) is 0 Å². The first-order chi connectivity index (χ1) is 10.0. The number of ether oxygens (including phenoxy) is 1. The molecule has 2 aliphatic carbocycles. The van der Waals surface area contributed by atoms with Gasteiger partial charge in [-0.05, 0) is 57.2 Å². The van der Waals surface area contributed by atoms with Gasteiger partial charge < -0.3 is 20.3 Å². The van der Waals surface area contributed by atoms with E-state index in [1.807, 2.05) is 0 Å². The lowest BCUT2D eigenvalue weighted by atomic mass is 9.95. The van der Waals surface area contributed by atoms with E-state index in [1.165, 1.54) is 25.7 Å². The van der Waals surface area contributed by atoms with Crippen molar-refractivity contribution in [3.8, 4) is 0 Å². The molecule has 1 saturated heterocycles. The minimum atomic E-state index is 0.199. The van der Waals surface area contributed by atoms with Gasteiger partial charge in [0, 0.05) is 6.04 Å². The van der Waals surface area contributed by atoms with Gasteiger partial charge in [-0.25, -0.2) is 0 Å². The zero-order chi connectivity index (χ0) is 14.9. The van der Waals surface area contributed by atoms with Gasteiger partial charge in [0.25, 0.3) is 0 Å². The maximum atomic E-state index is 5.52. The Kier molecular flexibility index (Phi) is 4.71. The van der Waals surface area contributed by atoms with Crippen LogP contribution in [0.5, 0.6) is 0 Å². The molecular formula is C16H30N3OS+. The van der Waals surface area contributed by atoms with E-state index < -0.39 is 0 Å². The Morgan fingerprint density at radius 2 is 2.00 bits per heavy atom. The average molecular weight is 313 g/mol. The molecule has 2 saturated carbocycles. The molecule has 4 nitrogen and oxygen atoms in total. The van der Waals surface area contributed by atoms with Crippen molar-refractivity contribution in [2.75, 3.05) is 32.8 Å². The molecule has 3 aliphatic rings. The molecule has 3 fully saturated rings. The third kappa shape index (κ3) is 3.69. The second-order valence-corrected chi connectivity index (χ2v) is 8.12. The van der Waals surface area contributed by atoms with E-state index in [-0.39, 0.29) is 5.54 Å². The summed E-state index contributed by atoms with van der Waals surface area (Å²) in [5.74, 6) is 1.83. The van der Waals surface area contributed by atoms with Gasteiger partial charge in [-0.3, -0.25) is 0 Å². The number of morpholine rings is 1. The lowest BCUT2D eigenvalue weighted by Crippen LogP contribution is -3.22. The van der Waals surface area contributed by atoms with Crippen LogP contribution >= 0.6 is 12.2 Å². The van der Waals surface area contributed by atoms with Crippen LogP contribution in [-0.2, 0) is 4.74 Å². The van der Waals surface area contributed by atoms with Gasteiger partial charge in [-0.1, -0.05) is 6.42 Å². The summed E-state index contributed by atoms with van der Waals surface area (Å²) in [4.78, 5) is 1.61. The molecule has 3 atom stereocenters. The number of hydrogen-bond donors (Lipinski definition) is 3. The predicted molar refractivity (Wildman–Crippen MR) is 88.6 cm³/mol. The highest BCUT2D eigenvalue weighted by atomic mass is 32.1. The summed E-state index contributed by atoms with van der Waals surface area (Å²) >= 11 is 5.52. The Hall–Kier alpha value is -0.390. The Morgan fingerprint density at radius 3 is 2.62 bits per heavy atom. The third-order valence-corrected chi connectivity index (χ3v) is 6.06. The molecule has 0 radical (unpaired) electrons. The number of fused-ring (bicyclic) bond motifs is 2. The highest BCUT2D eigenvalue weighted by Crippen LogP contribution is 2.44. The molecule has 120 valence electrons. The van der Waals surface area contributed by atoms with Gasteiger partial charge in [0.1, 0.15) is 18.6 Å². The van der Waals surface area contributed by atoms with Crippen LogP contribution in [0.25, 0.3) is 0 Å². The van der Waals surface area contributed by atoms with Crippen molar-refractivity contribution in [1.29, 1.82) is 0 Å². The summed E-state index contributed by atoms with van der Waals surface area (Å²) in [6, 6.07) is 0.627. The predicted octanol–water partition coefficient (Wildman–Crippen LogP) is 0.333. The molecule has 0 unspecified atom stereocenters. The summed E-state index contributed by atoms with van der Waals surface area (Å²) in [7, 11) is 0. The van der Waals surface area contributed by atoms with Crippen molar-refractivity contribution in [3.63, 3.8) is 0 Å². The molecule has 5 heteroatoms.